The average Bonchev–Trinajstić information content (AvgIpc) is 3.03. The SMILES string of the molecule is O=C(O)CN(CCCCCCCc1cc2c(-c3ccccc3C(=O)O)c3cc(Cl)c(=O)cc-3oc2cc1N1CCNCC1)CC(=O)O. The van der Waals surface area contributed by atoms with Gasteiger partial charge < -0.3 is 30.0 Å². The molecule has 0 spiro atoms. The van der Waals surface area contributed by atoms with Crippen LogP contribution in [0.15, 0.2) is 57.7 Å². The van der Waals surface area contributed by atoms with Gasteiger partial charge in [0, 0.05) is 60.5 Å². The van der Waals surface area contributed by atoms with E-state index in [1.54, 1.807) is 30.3 Å². The second kappa shape index (κ2) is 15.4. The fraction of sp³-hybridized carbons (Fsp3) is 0.371. The zero-order valence-corrected chi connectivity index (χ0v) is 26.7. The molecule has 2 aromatic carbocycles. The topological polar surface area (TPSA) is 161 Å². The van der Waals surface area contributed by atoms with Gasteiger partial charge in [0.15, 0.2) is 0 Å². The van der Waals surface area contributed by atoms with Crippen LogP contribution in [0.2, 0.25) is 5.02 Å². The number of halogens is 1. The quantitative estimate of drug-likeness (QED) is 0.0966. The highest BCUT2D eigenvalue weighted by Gasteiger charge is 2.25. The number of benzene rings is 3. The lowest BCUT2D eigenvalue weighted by molar-refractivity contribution is -0.141. The normalized spacial score (nSPS) is 13.4. The molecule has 1 aliphatic carbocycles. The Labute approximate surface area is 276 Å². The number of nitrogens with one attached hydrogen (secondary N) is 1. The number of piperazine rings is 1. The molecular formula is C35H38ClN3O8. The number of aryl methyl sites for hydroxylation is 1. The maximum absolute atomic E-state index is 12.5. The number of unbranched alkanes of at least 4 members (excludes halogenated alkanes) is 4. The van der Waals surface area contributed by atoms with E-state index in [4.69, 9.17) is 26.2 Å². The van der Waals surface area contributed by atoms with Crippen LogP contribution < -0.4 is 15.6 Å². The number of nitrogens with zero attached hydrogens (tertiary/aromatic N) is 2. The van der Waals surface area contributed by atoms with Crippen molar-refractivity contribution < 1.29 is 34.1 Å². The van der Waals surface area contributed by atoms with Gasteiger partial charge in [0.1, 0.15) is 11.3 Å². The van der Waals surface area contributed by atoms with Gasteiger partial charge in [-0.25, -0.2) is 4.79 Å². The Morgan fingerprint density at radius 2 is 1.55 bits per heavy atom. The zero-order valence-electron chi connectivity index (χ0n) is 26.0. The molecule has 0 radical (unpaired) electrons. The summed E-state index contributed by atoms with van der Waals surface area (Å²) in [7, 11) is 0. The number of hydrogen-bond acceptors (Lipinski definition) is 8. The standard InChI is InChI=1S/C35H38ClN3O8/c36-27-17-26-31(19-29(27)40)47-30-18-28(39-14-11-37-12-15-39)22(16-25(30)34(26)23-9-5-6-10-24(23)35(45)46)8-4-2-1-3-7-13-38(20-32(41)42)21-33(43)44/h5-6,9-10,16-19,37H,1-4,7-8,11-15,20-21H2,(H,41,42)(H,43,44)(H,45,46). The number of fused-ring (bicyclic) bond motifs is 2. The maximum Gasteiger partial charge on any atom is 0.336 e. The molecule has 1 saturated heterocycles. The number of carboxylic acid groups (broad SMARTS) is 3. The highest BCUT2D eigenvalue weighted by Crippen LogP contribution is 2.44. The largest absolute Gasteiger partial charge is 0.480 e. The van der Waals surface area contributed by atoms with Crippen molar-refractivity contribution in [2.45, 2.75) is 38.5 Å². The van der Waals surface area contributed by atoms with Crippen molar-refractivity contribution >= 4 is 46.2 Å². The van der Waals surface area contributed by atoms with Crippen LogP contribution >= 0.6 is 11.6 Å². The first-order chi connectivity index (χ1) is 22.6. The Kier molecular flexibility index (Phi) is 11.1. The number of aliphatic carboxylic acids is 2. The van der Waals surface area contributed by atoms with Crippen molar-refractivity contribution in [3.8, 4) is 22.5 Å². The van der Waals surface area contributed by atoms with Gasteiger partial charge in [0.2, 0.25) is 5.43 Å². The monoisotopic (exact) mass is 663 g/mol. The molecule has 1 fully saturated rings. The molecule has 47 heavy (non-hydrogen) atoms. The van der Waals surface area contributed by atoms with Gasteiger partial charge in [-0.1, -0.05) is 49.1 Å². The van der Waals surface area contributed by atoms with Gasteiger partial charge in [-0.05, 0) is 55.1 Å². The molecule has 2 heterocycles. The summed E-state index contributed by atoms with van der Waals surface area (Å²) in [6, 6.07) is 13.8. The number of anilines is 1. The number of rotatable bonds is 15. The van der Waals surface area contributed by atoms with Crippen LogP contribution in [0.4, 0.5) is 5.69 Å². The van der Waals surface area contributed by atoms with Gasteiger partial charge in [0.05, 0.1) is 23.7 Å². The molecule has 0 aromatic heterocycles. The van der Waals surface area contributed by atoms with Crippen LogP contribution in [-0.2, 0) is 16.0 Å². The Bertz CT molecular complexity index is 1780. The molecule has 5 rings (SSSR count). The van der Waals surface area contributed by atoms with Crippen LogP contribution in [-0.4, -0.2) is 83.9 Å². The molecule has 4 N–H and O–H groups in total. The predicted octanol–water partition coefficient (Wildman–Crippen LogP) is 5.29. The molecule has 11 nitrogen and oxygen atoms in total. The van der Waals surface area contributed by atoms with Gasteiger partial charge in [-0.15, -0.1) is 0 Å². The van der Waals surface area contributed by atoms with Crippen molar-refractivity contribution in [1.82, 2.24) is 10.2 Å². The zero-order chi connectivity index (χ0) is 33.5. The summed E-state index contributed by atoms with van der Waals surface area (Å²) in [5.74, 6) is -2.83. The van der Waals surface area contributed by atoms with Gasteiger partial charge in [-0.2, -0.15) is 0 Å². The molecule has 0 unspecified atom stereocenters. The lowest BCUT2D eigenvalue weighted by Crippen LogP contribution is -2.43. The van der Waals surface area contributed by atoms with E-state index in [0.717, 1.165) is 74.9 Å². The van der Waals surface area contributed by atoms with Crippen molar-refractivity contribution in [1.29, 1.82) is 0 Å². The van der Waals surface area contributed by atoms with Crippen molar-refractivity contribution in [2.75, 3.05) is 50.7 Å². The van der Waals surface area contributed by atoms with Crippen LogP contribution in [0.25, 0.3) is 33.4 Å². The fourth-order valence-electron chi connectivity index (χ4n) is 6.33. The van der Waals surface area contributed by atoms with Gasteiger partial charge >= 0.3 is 17.9 Å². The fourth-order valence-corrected chi connectivity index (χ4v) is 6.49. The first-order valence-electron chi connectivity index (χ1n) is 15.8. The third kappa shape index (κ3) is 8.29. The van der Waals surface area contributed by atoms with E-state index in [1.165, 1.54) is 11.0 Å². The Morgan fingerprint density at radius 3 is 2.26 bits per heavy atom. The Morgan fingerprint density at radius 1 is 0.872 bits per heavy atom. The molecular weight excluding hydrogens is 626 g/mol. The molecule has 2 aliphatic heterocycles. The highest BCUT2D eigenvalue weighted by atomic mass is 35.5. The maximum atomic E-state index is 12.5. The minimum atomic E-state index is -1.07. The number of aromatic carboxylic acids is 1. The summed E-state index contributed by atoms with van der Waals surface area (Å²) in [6.45, 7) is 3.10. The summed E-state index contributed by atoms with van der Waals surface area (Å²) in [5.41, 5.74) is 4.12. The summed E-state index contributed by atoms with van der Waals surface area (Å²) < 4.78 is 6.34. The first-order valence-corrected chi connectivity index (χ1v) is 16.2. The summed E-state index contributed by atoms with van der Waals surface area (Å²) >= 11 is 6.30. The first kappa shape index (κ1) is 33.9. The molecule has 0 atom stereocenters. The minimum absolute atomic E-state index is 0.0211. The van der Waals surface area contributed by atoms with E-state index >= 15 is 0 Å². The molecule has 0 bridgehead atoms. The second-order valence-electron chi connectivity index (χ2n) is 11.8. The number of hydrogen-bond donors (Lipinski definition) is 4. The average molecular weight is 664 g/mol. The van der Waals surface area contributed by atoms with E-state index < -0.39 is 17.9 Å². The van der Waals surface area contributed by atoms with Crippen LogP contribution in [0, 0.1) is 0 Å². The Balaban J connectivity index is 1.46. The van der Waals surface area contributed by atoms with E-state index in [2.05, 4.69) is 16.3 Å². The van der Waals surface area contributed by atoms with Crippen molar-refractivity contribution in [2.24, 2.45) is 0 Å². The Hall–Kier alpha value is -4.45. The van der Waals surface area contributed by atoms with E-state index in [9.17, 15) is 24.3 Å². The molecule has 12 heteroatoms. The minimum Gasteiger partial charge on any atom is -0.480 e. The molecule has 0 amide bonds. The summed E-state index contributed by atoms with van der Waals surface area (Å²) in [6.07, 6.45) is 5.04. The third-order valence-corrected chi connectivity index (χ3v) is 8.79. The van der Waals surface area contributed by atoms with Crippen molar-refractivity contribution in [3.63, 3.8) is 0 Å². The highest BCUT2D eigenvalue weighted by molar-refractivity contribution is 6.31. The van der Waals surface area contributed by atoms with Crippen LogP contribution in [0.5, 0.6) is 0 Å². The lowest BCUT2D eigenvalue weighted by Gasteiger charge is -2.32. The van der Waals surface area contributed by atoms with Crippen molar-refractivity contribution in [3.05, 3.63) is 74.9 Å². The summed E-state index contributed by atoms with van der Waals surface area (Å²) in [4.78, 5) is 50.8. The van der Waals surface area contributed by atoms with E-state index in [-0.39, 0.29) is 29.1 Å². The summed E-state index contributed by atoms with van der Waals surface area (Å²) in [5, 5.41) is 32.3. The van der Waals surface area contributed by atoms with E-state index in [0.29, 0.717) is 41.0 Å². The molecule has 3 aliphatic rings. The number of carbonyl (C=O) groups is 3. The smallest absolute Gasteiger partial charge is 0.336 e. The van der Waals surface area contributed by atoms with Gasteiger partial charge in [-0.3, -0.25) is 19.3 Å². The van der Waals surface area contributed by atoms with Crippen LogP contribution in [0.3, 0.4) is 0 Å². The molecule has 248 valence electrons. The van der Waals surface area contributed by atoms with Gasteiger partial charge in [0.25, 0.3) is 0 Å². The molecule has 2 aromatic rings. The second-order valence-corrected chi connectivity index (χ2v) is 12.2. The predicted molar refractivity (Wildman–Crippen MR) is 180 cm³/mol. The van der Waals surface area contributed by atoms with Crippen LogP contribution in [0.1, 0.15) is 48.0 Å². The third-order valence-electron chi connectivity index (χ3n) is 8.50. The van der Waals surface area contributed by atoms with E-state index in [1.807, 2.05) is 6.07 Å². The lowest BCUT2D eigenvalue weighted by atomic mass is 9.89. The molecule has 0 saturated carbocycles. The number of carboxylic acids is 3.